The van der Waals surface area contributed by atoms with Crippen LogP contribution in [0.1, 0.15) is 31.7 Å². The van der Waals surface area contributed by atoms with Gasteiger partial charge in [-0.15, -0.1) is 0 Å². The number of carbonyl (C=O) groups excluding carboxylic acids is 3. The fourth-order valence-electron chi connectivity index (χ4n) is 4.92. The molecule has 160 valence electrons. The molecule has 0 saturated carbocycles. The summed E-state index contributed by atoms with van der Waals surface area (Å²) in [4.78, 5) is 50.3. The first kappa shape index (κ1) is 19.5. The van der Waals surface area contributed by atoms with E-state index in [9.17, 15) is 19.2 Å². The predicted octanol–water partition coefficient (Wildman–Crippen LogP) is 1.89. The number of hydrogen-bond acceptors (Lipinski definition) is 5. The second-order valence-corrected chi connectivity index (χ2v) is 8.48. The number of hydrogen-bond donors (Lipinski definition) is 1. The summed E-state index contributed by atoms with van der Waals surface area (Å²) in [7, 11) is 1.71. The zero-order chi connectivity index (χ0) is 21.7. The van der Waals surface area contributed by atoms with Crippen LogP contribution in [0.15, 0.2) is 35.1 Å². The Labute approximate surface area is 178 Å². The molecule has 0 spiro atoms. The Morgan fingerprint density at radius 3 is 2.52 bits per heavy atom. The lowest BCUT2D eigenvalue weighted by atomic mass is 9.97. The lowest BCUT2D eigenvalue weighted by molar-refractivity contribution is -0.135. The van der Waals surface area contributed by atoms with Crippen molar-refractivity contribution >= 4 is 45.6 Å². The normalized spacial score (nSPS) is 20.4. The number of amides is 2. The topological polar surface area (TPSA) is 93.4 Å². The van der Waals surface area contributed by atoms with Gasteiger partial charge in [-0.25, -0.2) is 4.79 Å². The van der Waals surface area contributed by atoms with E-state index in [-0.39, 0.29) is 23.9 Å². The zero-order valence-corrected chi connectivity index (χ0v) is 17.3. The number of rotatable bonds is 3. The van der Waals surface area contributed by atoms with Crippen LogP contribution in [0.4, 0.5) is 5.69 Å². The fraction of sp³-hybridized carbons (Fsp3) is 0.391. The molecule has 31 heavy (non-hydrogen) atoms. The van der Waals surface area contributed by atoms with Gasteiger partial charge < -0.3 is 9.69 Å². The van der Waals surface area contributed by atoms with Gasteiger partial charge >= 0.3 is 5.69 Å². The second kappa shape index (κ2) is 7.37. The minimum atomic E-state index is -0.690. The van der Waals surface area contributed by atoms with Gasteiger partial charge in [0.2, 0.25) is 11.8 Å². The van der Waals surface area contributed by atoms with Gasteiger partial charge in [0.05, 0.1) is 11.0 Å². The molecule has 0 radical (unpaired) electrons. The molecule has 1 aromatic heterocycles. The Bertz CT molecular complexity index is 1280. The average Bonchev–Trinajstić information content (AvgIpc) is 3.04. The molecule has 1 unspecified atom stereocenters. The van der Waals surface area contributed by atoms with Crippen LogP contribution in [-0.4, -0.2) is 40.3 Å². The van der Waals surface area contributed by atoms with E-state index in [2.05, 4.69) is 22.3 Å². The minimum absolute atomic E-state index is 0.151. The largest absolute Gasteiger partial charge is 0.371 e. The highest BCUT2D eigenvalue weighted by molar-refractivity contribution is 6.06. The van der Waals surface area contributed by atoms with Crippen molar-refractivity contribution in [3.8, 4) is 0 Å². The number of benzene rings is 2. The number of imidazole rings is 1. The van der Waals surface area contributed by atoms with Gasteiger partial charge in [-0.2, -0.15) is 0 Å². The first-order chi connectivity index (χ1) is 15.0. The van der Waals surface area contributed by atoms with Gasteiger partial charge in [0, 0.05) is 43.5 Å². The summed E-state index contributed by atoms with van der Waals surface area (Å²) in [5, 5.41) is 4.30. The van der Waals surface area contributed by atoms with Crippen LogP contribution in [0.2, 0.25) is 0 Å². The van der Waals surface area contributed by atoms with Crippen LogP contribution < -0.4 is 15.9 Å². The van der Waals surface area contributed by atoms with E-state index < -0.39 is 11.9 Å². The average molecular weight is 420 g/mol. The first-order valence-corrected chi connectivity index (χ1v) is 10.7. The number of nitrogens with zero attached hydrogens (tertiary/aromatic N) is 3. The van der Waals surface area contributed by atoms with E-state index in [1.807, 2.05) is 18.2 Å². The molecule has 8 nitrogen and oxygen atoms in total. The number of anilines is 1. The van der Waals surface area contributed by atoms with Crippen LogP contribution in [-0.2, 0) is 21.4 Å². The highest BCUT2D eigenvalue weighted by Gasteiger charge is 2.31. The number of piperidine rings is 2. The molecule has 2 fully saturated rings. The second-order valence-electron chi connectivity index (χ2n) is 8.48. The number of fused-ring (bicyclic) bond motifs is 3. The molecular formula is C23H24N4O4. The molecule has 1 N–H and O–H groups in total. The van der Waals surface area contributed by atoms with Crippen molar-refractivity contribution in [2.24, 2.45) is 13.0 Å². The maximum Gasteiger partial charge on any atom is 0.329 e. The molecule has 2 aromatic carbocycles. The molecule has 3 aromatic rings. The van der Waals surface area contributed by atoms with Crippen LogP contribution in [0.5, 0.6) is 0 Å². The summed E-state index contributed by atoms with van der Waals surface area (Å²) >= 11 is 0. The summed E-state index contributed by atoms with van der Waals surface area (Å²) in [5.74, 6) is -0.581. The fourth-order valence-corrected chi connectivity index (χ4v) is 4.92. The molecule has 0 bridgehead atoms. The third-order valence-corrected chi connectivity index (χ3v) is 6.66. The molecule has 2 saturated heterocycles. The van der Waals surface area contributed by atoms with Crippen LogP contribution in [0.25, 0.3) is 21.8 Å². The van der Waals surface area contributed by atoms with Crippen LogP contribution in [0, 0.1) is 5.92 Å². The molecule has 3 heterocycles. The van der Waals surface area contributed by atoms with Crippen molar-refractivity contribution in [1.29, 1.82) is 0 Å². The van der Waals surface area contributed by atoms with Crippen molar-refractivity contribution in [3.05, 3.63) is 40.8 Å². The number of aromatic nitrogens is 2. The monoisotopic (exact) mass is 420 g/mol. The Hall–Kier alpha value is -3.42. The van der Waals surface area contributed by atoms with Gasteiger partial charge in [-0.1, -0.05) is 12.1 Å². The van der Waals surface area contributed by atoms with E-state index in [1.54, 1.807) is 11.6 Å². The summed E-state index contributed by atoms with van der Waals surface area (Å²) in [6, 6.07) is 9.35. The molecule has 8 heteroatoms. The SMILES string of the molecule is Cn1c(=O)n(C2CCC(=O)NC2=O)c2ccc3cc(N4CCC(C=O)CC4)ccc3c21. The van der Waals surface area contributed by atoms with E-state index in [0.717, 1.165) is 54.2 Å². The maximum absolute atomic E-state index is 13.1. The number of carbonyl (C=O) groups is 3. The maximum atomic E-state index is 13.1. The standard InChI is InChI=1S/C23H24N4O4/c1-25-21-17-4-3-16(26-10-8-14(13-28)9-11-26)12-15(17)2-5-18(21)27(23(25)31)19-6-7-20(29)24-22(19)30/h2-5,12-14,19H,6-11H2,1H3,(H,24,29,30). The van der Waals surface area contributed by atoms with Crippen molar-refractivity contribution < 1.29 is 14.4 Å². The summed E-state index contributed by atoms with van der Waals surface area (Å²) in [6.07, 6.45) is 3.32. The first-order valence-electron chi connectivity index (χ1n) is 10.7. The predicted molar refractivity (Wildman–Crippen MR) is 117 cm³/mol. The lowest BCUT2D eigenvalue weighted by Crippen LogP contribution is -2.44. The third kappa shape index (κ3) is 3.13. The van der Waals surface area contributed by atoms with Gasteiger partial charge in [-0.05, 0) is 42.8 Å². The molecule has 5 rings (SSSR count). The van der Waals surface area contributed by atoms with E-state index in [1.165, 1.54) is 4.57 Å². The van der Waals surface area contributed by atoms with Gasteiger partial charge in [0.15, 0.2) is 0 Å². The summed E-state index contributed by atoms with van der Waals surface area (Å²) < 4.78 is 3.09. The smallest absolute Gasteiger partial charge is 0.329 e. The molecule has 1 atom stereocenters. The Kier molecular flexibility index (Phi) is 4.64. The number of aryl methyl sites for hydroxylation is 1. The Morgan fingerprint density at radius 2 is 1.81 bits per heavy atom. The molecule has 2 aliphatic heterocycles. The molecule has 2 amide bonds. The quantitative estimate of drug-likeness (QED) is 0.516. The van der Waals surface area contributed by atoms with E-state index in [0.29, 0.717) is 11.9 Å². The zero-order valence-electron chi connectivity index (χ0n) is 17.3. The van der Waals surface area contributed by atoms with Crippen molar-refractivity contribution in [3.63, 3.8) is 0 Å². The van der Waals surface area contributed by atoms with E-state index in [4.69, 9.17) is 0 Å². The highest BCUT2D eigenvalue weighted by Crippen LogP contribution is 2.32. The lowest BCUT2D eigenvalue weighted by Gasteiger charge is -2.31. The minimum Gasteiger partial charge on any atom is -0.371 e. The van der Waals surface area contributed by atoms with E-state index >= 15 is 0 Å². The van der Waals surface area contributed by atoms with Gasteiger partial charge in [-0.3, -0.25) is 24.0 Å². The van der Waals surface area contributed by atoms with Gasteiger partial charge in [0.25, 0.3) is 0 Å². The number of nitrogens with one attached hydrogen (secondary N) is 1. The number of aldehydes is 1. The highest BCUT2D eigenvalue weighted by atomic mass is 16.2. The van der Waals surface area contributed by atoms with Crippen LogP contribution >= 0.6 is 0 Å². The molecular weight excluding hydrogens is 396 g/mol. The van der Waals surface area contributed by atoms with Gasteiger partial charge in [0.1, 0.15) is 12.3 Å². The van der Waals surface area contributed by atoms with Crippen molar-refractivity contribution in [2.75, 3.05) is 18.0 Å². The summed E-state index contributed by atoms with van der Waals surface area (Å²) in [6.45, 7) is 1.70. The Morgan fingerprint density at radius 1 is 1.03 bits per heavy atom. The number of imide groups is 1. The van der Waals surface area contributed by atoms with Crippen molar-refractivity contribution in [1.82, 2.24) is 14.5 Å². The molecule has 0 aliphatic carbocycles. The molecule has 2 aliphatic rings. The van der Waals surface area contributed by atoms with Crippen LogP contribution in [0.3, 0.4) is 0 Å². The van der Waals surface area contributed by atoms with Crippen molar-refractivity contribution in [2.45, 2.75) is 31.7 Å². The summed E-state index contributed by atoms with van der Waals surface area (Å²) in [5.41, 5.74) is 2.30. The third-order valence-electron chi connectivity index (χ3n) is 6.66. The Balaban J connectivity index is 1.58.